The maximum absolute atomic E-state index is 2.55. The van der Waals surface area contributed by atoms with Gasteiger partial charge in [-0.3, -0.25) is 4.90 Å². The Morgan fingerprint density at radius 3 is 2.23 bits per heavy atom. The van der Waals surface area contributed by atoms with Crippen LogP contribution in [-0.2, 0) is 0 Å². The number of rotatable bonds is 4. The Kier molecular flexibility index (Phi) is 3.74. The predicted molar refractivity (Wildman–Crippen MR) is 57.5 cm³/mol. The van der Waals surface area contributed by atoms with Gasteiger partial charge in [-0.05, 0) is 27.3 Å². The summed E-state index contributed by atoms with van der Waals surface area (Å²) < 4.78 is 1.31. The molecule has 0 aromatic carbocycles. The third-order valence-corrected chi connectivity index (χ3v) is 3.71. The highest BCUT2D eigenvalue weighted by molar-refractivity contribution is 4.72. The van der Waals surface area contributed by atoms with Crippen molar-refractivity contribution in [3.05, 3.63) is 0 Å². The maximum Gasteiger partial charge on any atom is 0.135 e. The SMILES string of the molecule is CCCC1C[N+](CC)(CC)CN1C. The molecule has 78 valence electrons. The van der Waals surface area contributed by atoms with E-state index in [1.165, 1.54) is 43.6 Å². The molecule has 0 N–H and O–H groups in total. The molecule has 0 saturated carbocycles. The second-order valence-corrected chi connectivity index (χ2v) is 4.50. The fraction of sp³-hybridized carbons (Fsp3) is 1.00. The Hall–Kier alpha value is -0.0800. The molecular weight excluding hydrogens is 160 g/mol. The van der Waals surface area contributed by atoms with Crippen LogP contribution in [0.4, 0.5) is 0 Å². The van der Waals surface area contributed by atoms with E-state index >= 15 is 0 Å². The van der Waals surface area contributed by atoms with Crippen LogP contribution in [0.2, 0.25) is 0 Å². The first-order chi connectivity index (χ1) is 6.17. The zero-order chi connectivity index (χ0) is 9.90. The Balaban J connectivity index is 2.56. The zero-order valence-corrected chi connectivity index (χ0v) is 9.71. The highest BCUT2D eigenvalue weighted by atomic mass is 15.5. The van der Waals surface area contributed by atoms with Gasteiger partial charge in [0.15, 0.2) is 0 Å². The summed E-state index contributed by atoms with van der Waals surface area (Å²) in [5, 5.41) is 0. The van der Waals surface area contributed by atoms with Crippen molar-refractivity contribution in [2.24, 2.45) is 0 Å². The van der Waals surface area contributed by atoms with E-state index in [0.717, 1.165) is 6.04 Å². The number of hydrogen-bond donors (Lipinski definition) is 0. The van der Waals surface area contributed by atoms with E-state index in [1.54, 1.807) is 0 Å². The van der Waals surface area contributed by atoms with Gasteiger partial charge >= 0.3 is 0 Å². The van der Waals surface area contributed by atoms with Crippen LogP contribution in [0.15, 0.2) is 0 Å². The van der Waals surface area contributed by atoms with Gasteiger partial charge in [-0.2, -0.15) is 0 Å². The third-order valence-electron chi connectivity index (χ3n) is 3.71. The lowest BCUT2D eigenvalue weighted by atomic mass is 10.1. The minimum absolute atomic E-state index is 0.838. The lowest BCUT2D eigenvalue weighted by Gasteiger charge is -2.31. The fourth-order valence-electron chi connectivity index (χ4n) is 2.56. The van der Waals surface area contributed by atoms with Crippen LogP contribution in [0.25, 0.3) is 0 Å². The minimum atomic E-state index is 0.838. The highest BCUT2D eigenvalue weighted by Gasteiger charge is 2.38. The van der Waals surface area contributed by atoms with E-state index < -0.39 is 0 Å². The molecule has 1 aliphatic heterocycles. The summed E-state index contributed by atoms with van der Waals surface area (Å²) in [5.74, 6) is 0. The summed E-state index contributed by atoms with van der Waals surface area (Å²) in [6, 6.07) is 0.838. The normalized spacial score (nSPS) is 28.2. The van der Waals surface area contributed by atoms with Crippen LogP contribution in [0.5, 0.6) is 0 Å². The summed E-state index contributed by atoms with van der Waals surface area (Å²) >= 11 is 0. The molecular formula is C11H25N2+. The summed E-state index contributed by atoms with van der Waals surface area (Å²) in [5.41, 5.74) is 0. The largest absolute Gasteiger partial charge is 0.310 e. The first-order valence-corrected chi connectivity index (χ1v) is 5.72. The van der Waals surface area contributed by atoms with E-state index in [1.807, 2.05) is 0 Å². The topological polar surface area (TPSA) is 3.24 Å². The van der Waals surface area contributed by atoms with Gasteiger partial charge in [-0.15, -0.1) is 0 Å². The van der Waals surface area contributed by atoms with Crippen LogP contribution in [-0.4, -0.2) is 48.8 Å². The molecule has 0 spiro atoms. The summed E-state index contributed by atoms with van der Waals surface area (Å²) in [7, 11) is 2.28. The Bertz CT molecular complexity index is 152. The van der Waals surface area contributed by atoms with E-state index in [0.29, 0.717) is 0 Å². The molecule has 0 amide bonds. The second-order valence-electron chi connectivity index (χ2n) is 4.50. The van der Waals surface area contributed by atoms with Crippen molar-refractivity contribution < 1.29 is 4.48 Å². The maximum atomic E-state index is 2.55. The molecule has 0 bridgehead atoms. The van der Waals surface area contributed by atoms with Gasteiger partial charge in [0.25, 0.3) is 0 Å². The Morgan fingerprint density at radius 1 is 1.23 bits per heavy atom. The Morgan fingerprint density at radius 2 is 1.85 bits per heavy atom. The second kappa shape index (κ2) is 4.43. The standard InChI is InChI=1S/C11H25N2/c1-5-8-11-9-13(6-2,7-3)10-12(11)4/h11H,5-10H2,1-4H3/q+1. The molecule has 0 radical (unpaired) electrons. The molecule has 0 aliphatic carbocycles. The molecule has 1 unspecified atom stereocenters. The summed E-state index contributed by atoms with van der Waals surface area (Å²) in [4.78, 5) is 2.55. The first kappa shape index (κ1) is 11.0. The third kappa shape index (κ3) is 2.23. The van der Waals surface area contributed by atoms with E-state index in [-0.39, 0.29) is 0 Å². The van der Waals surface area contributed by atoms with Gasteiger partial charge in [-0.25, -0.2) is 0 Å². The van der Waals surface area contributed by atoms with Crippen molar-refractivity contribution in [2.45, 2.75) is 39.7 Å². The molecule has 1 aliphatic rings. The molecule has 1 rings (SSSR count). The highest BCUT2D eigenvalue weighted by Crippen LogP contribution is 2.22. The van der Waals surface area contributed by atoms with Crippen LogP contribution in [0.1, 0.15) is 33.6 Å². The van der Waals surface area contributed by atoms with Gasteiger partial charge < -0.3 is 4.48 Å². The molecule has 1 fully saturated rings. The smallest absolute Gasteiger partial charge is 0.135 e. The van der Waals surface area contributed by atoms with Crippen LogP contribution in [0.3, 0.4) is 0 Å². The van der Waals surface area contributed by atoms with Gasteiger partial charge in [-0.1, -0.05) is 13.3 Å². The molecule has 1 heterocycles. The molecule has 13 heavy (non-hydrogen) atoms. The number of nitrogens with zero attached hydrogens (tertiary/aromatic N) is 2. The van der Waals surface area contributed by atoms with E-state index in [2.05, 4.69) is 32.7 Å². The molecule has 0 aromatic heterocycles. The molecule has 1 saturated heterocycles. The van der Waals surface area contributed by atoms with E-state index in [9.17, 15) is 0 Å². The quantitative estimate of drug-likeness (QED) is 0.605. The summed E-state index contributed by atoms with van der Waals surface area (Å²) in [6.45, 7) is 12.2. The lowest BCUT2D eigenvalue weighted by molar-refractivity contribution is -0.917. The van der Waals surface area contributed by atoms with Crippen molar-refractivity contribution in [1.82, 2.24) is 4.90 Å². The van der Waals surface area contributed by atoms with Crippen molar-refractivity contribution in [3.8, 4) is 0 Å². The molecule has 2 nitrogen and oxygen atoms in total. The number of hydrogen-bond acceptors (Lipinski definition) is 1. The monoisotopic (exact) mass is 185 g/mol. The average molecular weight is 185 g/mol. The average Bonchev–Trinajstić information content (AvgIpc) is 2.45. The number of likely N-dealkylation sites (N-methyl/N-ethyl adjacent to an activating group) is 2. The van der Waals surface area contributed by atoms with Gasteiger partial charge in [0.1, 0.15) is 6.67 Å². The predicted octanol–water partition coefficient (Wildman–Crippen LogP) is 1.91. The van der Waals surface area contributed by atoms with Gasteiger partial charge in [0.05, 0.1) is 25.7 Å². The molecule has 2 heteroatoms. The number of quaternary nitrogens is 1. The van der Waals surface area contributed by atoms with Crippen molar-refractivity contribution in [3.63, 3.8) is 0 Å². The van der Waals surface area contributed by atoms with Gasteiger partial charge in [0.2, 0.25) is 0 Å². The van der Waals surface area contributed by atoms with Crippen molar-refractivity contribution >= 4 is 0 Å². The van der Waals surface area contributed by atoms with E-state index in [4.69, 9.17) is 0 Å². The van der Waals surface area contributed by atoms with Crippen molar-refractivity contribution in [1.29, 1.82) is 0 Å². The van der Waals surface area contributed by atoms with Crippen LogP contribution < -0.4 is 0 Å². The zero-order valence-electron chi connectivity index (χ0n) is 9.71. The first-order valence-electron chi connectivity index (χ1n) is 5.72. The summed E-state index contributed by atoms with van der Waals surface area (Å²) in [6.07, 6.45) is 2.69. The van der Waals surface area contributed by atoms with Crippen molar-refractivity contribution in [2.75, 3.05) is 33.4 Å². The van der Waals surface area contributed by atoms with Crippen LogP contribution in [0, 0.1) is 0 Å². The lowest BCUT2D eigenvalue weighted by Crippen LogP contribution is -2.46. The molecule has 0 aromatic rings. The minimum Gasteiger partial charge on any atom is -0.310 e. The Labute approximate surface area is 83.1 Å². The van der Waals surface area contributed by atoms with Crippen LogP contribution >= 0.6 is 0 Å². The molecule has 1 atom stereocenters. The van der Waals surface area contributed by atoms with Gasteiger partial charge in [0, 0.05) is 0 Å². The fourth-order valence-corrected chi connectivity index (χ4v) is 2.56.